The Labute approximate surface area is 83.0 Å². The maximum absolute atomic E-state index is 13.0. The number of benzene rings is 1. The predicted octanol–water partition coefficient (Wildman–Crippen LogP) is 1.76. The van der Waals surface area contributed by atoms with E-state index in [2.05, 4.69) is 0 Å². The van der Waals surface area contributed by atoms with E-state index in [0.29, 0.717) is 11.1 Å². The zero-order valence-electron chi connectivity index (χ0n) is 7.33. The van der Waals surface area contributed by atoms with Crippen LogP contribution in [0.5, 0.6) is 0 Å². The highest BCUT2D eigenvalue weighted by Gasteiger charge is 2.09. The van der Waals surface area contributed by atoms with Crippen LogP contribution in [-0.2, 0) is 6.61 Å². The summed E-state index contributed by atoms with van der Waals surface area (Å²) in [6.45, 7) is 1.46. The van der Waals surface area contributed by atoms with Gasteiger partial charge in [-0.3, -0.25) is 0 Å². The highest BCUT2D eigenvalue weighted by molar-refractivity contribution is 5.85. The molecule has 0 saturated heterocycles. The normalized spacial score (nSPS) is 12.0. The van der Waals surface area contributed by atoms with Crippen molar-refractivity contribution in [3.63, 3.8) is 0 Å². The summed E-state index contributed by atoms with van der Waals surface area (Å²) in [5.74, 6) is -0.396. The molecule has 0 fully saturated rings. The van der Waals surface area contributed by atoms with Crippen molar-refractivity contribution in [3.8, 4) is 0 Å². The van der Waals surface area contributed by atoms with Gasteiger partial charge >= 0.3 is 0 Å². The van der Waals surface area contributed by atoms with Crippen LogP contribution < -0.4 is 5.73 Å². The van der Waals surface area contributed by atoms with Crippen LogP contribution in [0.25, 0.3) is 0 Å². The van der Waals surface area contributed by atoms with Gasteiger partial charge in [-0.1, -0.05) is 12.1 Å². The molecule has 0 saturated carbocycles. The van der Waals surface area contributed by atoms with Crippen LogP contribution in [0, 0.1) is 5.82 Å². The topological polar surface area (TPSA) is 46.2 Å². The Morgan fingerprint density at radius 3 is 2.54 bits per heavy atom. The zero-order valence-corrected chi connectivity index (χ0v) is 8.14. The van der Waals surface area contributed by atoms with E-state index >= 15 is 0 Å². The number of aliphatic hydroxyl groups is 1. The van der Waals surface area contributed by atoms with E-state index in [-0.39, 0.29) is 25.1 Å². The van der Waals surface area contributed by atoms with Crippen LogP contribution in [0.2, 0.25) is 0 Å². The van der Waals surface area contributed by atoms with Crippen LogP contribution in [0.3, 0.4) is 0 Å². The van der Waals surface area contributed by atoms with Gasteiger partial charge in [0, 0.05) is 11.6 Å². The first-order valence-corrected chi connectivity index (χ1v) is 3.80. The van der Waals surface area contributed by atoms with Crippen molar-refractivity contribution in [3.05, 3.63) is 35.1 Å². The van der Waals surface area contributed by atoms with Gasteiger partial charge in [0.2, 0.25) is 0 Å². The summed E-state index contributed by atoms with van der Waals surface area (Å²) in [4.78, 5) is 0. The minimum absolute atomic E-state index is 0. The summed E-state index contributed by atoms with van der Waals surface area (Å²) in [7, 11) is 0. The lowest BCUT2D eigenvalue weighted by atomic mass is 10.0. The monoisotopic (exact) mass is 205 g/mol. The Kier molecular flexibility index (Phi) is 4.91. The predicted molar refractivity (Wildman–Crippen MR) is 52.2 cm³/mol. The van der Waals surface area contributed by atoms with Crippen molar-refractivity contribution in [2.24, 2.45) is 5.73 Å². The molecule has 0 aliphatic heterocycles. The lowest BCUT2D eigenvalue weighted by molar-refractivity contribution is 0.273. The largest absolute Gasteiger partial charge is 0.392 e. The average Bonchev–Trinajstić information content (AvgIpc) is 2.03. The van der Waals surface area contributed by atoms with Gasteiger partial charge in [0.05, 0.1) is 6.61 Å². The minimum atomic E-state index is -0.396. The Balaban J connectivity index is 0.00000144. The van der Waals surface area contributed by atoms with Gasteiger partial charge in [-0.15, -0.1) is 12.4 Å². The van der Waals surface area contributed by atoms with E-state index in [1.54, 1.807) is 19.1 Å². The van der Waals surface area contributed by atoms with Crippen molar-refractivity contribution in [2.75, 3.05) is 0 Å². The molecule has 0 aromatic heterocycles. The second kappa shape index (κ2) is 5.17. The second-order valence-electron chi connectivity index (χ2n) is 2.75. The molecular formula is C9H13ClFNO. The molecule has 0 bridgehead atoms. The van der Waals surface area contributed by atoms with E-state index in [1.165, 1.54) is 6.07 Å². The van der Waals surface area contributed by atoms with E-state index in [0.717, 1.165) is 0 Å². The van der Waals surface area contributed by atoms with E-state index in [9.17, 15) is 4.39 Å². The maximum atomic E-state index is 13.0. The van der Waals surface area contributed by atoms with Crippen molar-refractivity contribution in [1.29, 1.82) is 0 Å². The zero-order chi connectivity index (χ0) is 9.14. The van der Waals surface area contributed by atoms with Crippen LogP contribution in [-0.4, -0.2) is 5.11 Å². The number of aliphatic hydroxyl groups excluding tert-OH is 1. The molecule has 13 heavy (non-hydrogen) atoms. The molecule has 0 spiro atoms. The molecule has 0 aliphatic rings. The van der Waals surface area contributed by atoms with Gasteiger partial charge in [-0.2, -0.15) is 0 Å². The molecule has 2 nitrogen and oxygen atoms in total. The molecule has 74 valence electrons. The number of hydrogen-bond acceptors (Lipinski definition) is 2. The maximum Gasteiger partial charge on any atom is 0.129 e. The Morgan fingerprint density at radius 2 is 2.15 bits per heavy atom. The fourth-order valence-corrected chi connectivity index (χ4v) is 1.17. The summed E-state index contributed by atoms with van der Waals surface area (Å²) in [5.41, 5.74) is 6.54. The highest BCUT2D eigenvalue weighted by atomic mass is 35.5. The van der Waals surface area contributed by atoms with E-state index in [1.807, 2.05) is 0 Å². The molecule has 0 amide bonds. The van der Waals surface area contributed by atoms with Crippen molar-refractivity contribution in [1.82, 2.24) is 0 Å². The summed E-state index contributed by atoms with van der Waals surface area (Å²) < 4.78 is 13.0. The molecule has 0 heterocycles. The van der Waals surface area contributed by atoms with Crippen molar-refractivity contribution < 1.29 is 9.50 Å². The highest BCUT2D eigenvalue weighted by Crippen LogP contribution is 2.18. The Morgan fingerprint density at radius 1 is 1.54 bits per heavy atom. The molecule has 3 N–H and O–H groups in total. The second-order valence-corrected chi connectivity index (χ2v) is 2.75. The molecule has 0 aliphatic carbocycles. The quantitative estimate of drug-likeness (QED) is 0.773. The summed E-state index contributed by atoms with van der Waals surface area (Å²) in [6.07, 6.45) is 0. The van der Waals surface area contributed by atoms with Gasteiger partial charge in [-0.25, -0.2) is 4.39 Å². The number of nitrogens with two attached hydrogens (primary N) is 1. The number of halogens is 2. The molecular weight excluding hydrogens is 193 g/mol. The molecule has 1 unspecified atom stereocenters. The first-order valence-electron chi connectivity index (χ1n) is 3.80. The van der Waals surface area contributed by atoms with Crippen LogP contribution >= 0.6 is 12.4 Å². The molecule has 1 atom stereocenters. The lowest BCUT2D eigenvalue weighted by Gasteiger charge is -2.10. The van der Waals surface area contributed by atoms with Crippen LogP contribution in [0.15, 0.2) is 18.2 Å². The van der Waals surface area contributed by atoms with Gasteiger partial charge < -0.3 is 10.8 Å². The third-order valence-corrected chi connectivity index (χ3v) is 1.80. The lowest BCUT2D eigenvalue weighted by Crippen LogP contribution is -2.09. The van der Waals surface area contributed by atoms with Crippen LogP contribution in [0.1, 0.15) is 24.1 Å². The SMILES string of the molecule is CC(N)c1cccc(F)c1CO.Cl. The average molecular weight is 206 g/mol. The van der Waals surface area contributed by atoms with E-state index in [4.69, 9.17) is 10.8 Å². The number of rotatable bonds is 2. The first kappa shape index (κ1) is 12.4. The summed E-state index contributed by atoms with van der Waals surface area (Å²) in [5, 5.41) is 8.85. The van der Waals surface area contributed by atoms with E-state index < -0.39 is 5.82 Å². The van der Waals surface area contributed by atoms with Crippen molar-refractivity contribution in [2.45, 2.75) is 19.6 Å². The molecule has 1 rings (SSSR count). The summed E-state index contributed by atoms with van der Waals surface area (Å²) in [6, 6.07) is 4.38. The Hall–Kier alpha value is -0.640. The fraction of sp³-hybridized carbons (Fsp3) is 0.333. The van der Waals surface area contributed by atoms with Crippen molar-refractivity contribution >= 4 is 12.4 Å². The minimum Gasteiger partial charge on any atom is -0.392 e. The molecule has 0 radical (unpaired) electrons. The third kappa shape index (κ3) is 2.66. The standard InChI is InChI=1S/C9H12FNO.ClH/c1-6(11)7-3-2-4-9(10)8(7)5-12;/h2-4,6,12H,5,11H2,1H3;1H. The van der Waals surface area contributed by atoms with Gasteiger partial charge in [0.1, 0.15) is 5.82 Å². The molecule has 1 aromatic rings. The van der Waals surface area contributed by atoms with Gasteiger partial charge in [-0.05, 0) is 18.6 Å². The molecule has 1 aromatic carbocycles. The number of hydrogen-bond donors (Lipinski definition) is 2. The van der Waals surface area contributed by atoms with Crippen LogP contribution in [0.4, 0.5) is 4.39 Å². The molecule has 4 heteroatoms. The van der Waals surface area contributed by atoms with Gasteiger partial charge in [0.25, 0.3) is 0 Å². The van der Waals surface area contributed by atoms with Gasteiger partial charge in [0.15, 0.2) is 0 Å². The fourth-order valence-electron chi connectivity index (χ4n) is 1.17. The third-order valence-electron chi connectivity index (χ3n) is 1.80. The Bertz CT molecular complexity index is 278. The summed E-state index contributed by atoms with van der Waals surface area (Å²) >= 11 is 0. The smallest absolute Gasteiger partial charge is 0.129 e. The first-order chi connectivity index (χ1) is 5.66.